The number of anilines is 2. The number of aromatic nitrogens is 2. The van der Waals surface area contributed by atoms with Crippen LogP contribution in [0, 0.1) is 0 Å². The van der Waals surface area contributed by atoms with E-state index in [1.165, 1.54) is 5.56 Å². The van der Waals surface area contributed by atoms with E-state index in [2.05, 4.69) is 52.2 Å². The Morgan fingerprint density at radius 3 is 2.56 bits per heavy atom. The van der Waals surface area contributed by atoms with Crippen LogP contribution in [0.25, 0.3) is 0 Å². The van der Waals surface area contributed by atoms with Crippen molar-refractivity contribution in [1.82, 2.24) is 9.97 Å². The van der Waals surface area contributed by atoms with Crippen LogP contribution in [-0.2, 0) is 5.41 Å². The maximum Gasteiger partial charge on any atom is 0.134 e. The van der Waals surface area contributed by atoms with Crippen LogP contribution in [0.4, 0.5) is 11.6 Å². The van der Waals surface area contributed by atoms with Gasteiger partial charge in [-0.15, -0.1) is 0 Å². The second-order valence-corrected chi connectivity index (χ2v) is 8.05. The molecule has 1 aromatic heterocycles. The summed E-state index contributed by atoms with van der Waals surface area (Å²) < 4.78 is 5.24. The molecule has 2 aromatic rings. The lowest BCUT2D eigenvalue weighted by Crippen LogP contribution is -2.33. The van der Waals surface area contributed by atoms with Gasteiger partial charge in [0.25, 0.3) is 0 Å². The van der Waals surface area contributed by atoms with Gasteiger partial charge in [-0.25, -0.2) is 9.97 Å². The SMILES string of the molecule is COc1ccc(C(C)(C)CNc2cc(N3CCSCC3)ncn2)cc1. The highest BCUT2D eigenvalue weighted by Gasteiger charge is 2.21. The molecule has 25 heavy (non-hydrogen) atoms. The molecule has 3 rings (SSSR count). The molecule has 0 amide bonds. The molecular formula is C19H26N4OS. The van der Waals surface area contributed by atoms with E-state index in [1.807, 2.05) is 23.9 Å². The lowest BCUT2D eigenvalue weighted by Gasteiger charge is -2.28. The number of ether oxygens (including phenoxy) is 1. The normalized spacial score (nSPS) is 15.1. The van der Waals surface area contributed by atoms with Crippen molar-refractivity contribution in [1.29, 1.82) is 0 Å². The first-order valence-electron chi connectivity index (χ1n) is 8.62. The van der Waals surface area contributed by atoms with Crippen LogP contribution in [0.5, 0.6) is 5.75 Å². The van der Waals surface area contributed by atoms with Crippen LogP contribution in [0.15, 0.2) is 36.7 Å². The Hall–Kier alpha value is -1.95. The van der Waals surface area contributed by atoms with Gasteiger partial charge in [0, 0.05) is 42.6 Å². The summed E-state index contributed by atoms with van der Waals surface area (Å²) in [4.78, 5) is 11.2. The molecule has 0 radical (unpaired) electrons. The summed E-state index contributed by atoms with van der Waals surface area (Å²) in [5.41, 5.74) is 1.25. The Morgan fingerprint density at radius 2 is 1.88 bits per heavy atom. The Kier molecular flexibility index (Phi) is 5.68. The summed E-state index contributed by atoms with van der Waals surface area (Å²) in [5.74, 6) is 5.10. The lowest BCUT2D eigenvalue weighted by atomic mass is 9.84. The van der Waals surface area contributed by atoms with Gasteiger partial charge in [-0.3, -0.25) is 0 Å². The number of methoxy groups -OCH3 is 1. The van der Waals surface area contributed by atoms with Gasteiger partial charge >= 0.3 is 0 Å². The Labute approximate surface area is 154 Å². The van der Waals surface area contributed by atoms with Crippen molar-refractivity contribution in [2.45, 2.75) is 19.3 Å². The first kappa shape index (κ1) is 17.9. The minimum Gasteiger partial charge on any atom is -0.497 e. The van der Waals surface area contributed by atoms with Gasteiger partial charge in [-0.2, -0.15) is 11.8 Å². The first-order valence-corrected chi connectivity index (χ1v) is 9.77. The molecule has 1 aliphatic heterocycles. The highest BCUT2D eigenvalue weighted by atomic mass is 32.2. The number of nitrogens with zero attached hydrogens (tertiary/aromatic N) is 3. The molecule has 0 aliphatic carbocycles. The van der Waals surface area contributed by atoms with Crippen molar-refractivity contribution >= 4 is 23.4 Å². The van der Waals surface area contributed by atoms with E-state index in [0.29, 0.717) is 0 Å². The minimum atomic E-state index is -0.0147. The van der Waals surface area contributed by atoms with Crippen LogP contribution in [0.2, 0.25) is 0 Å². The summed E-state index contributed by atoms with van der Waals surface area (Å²) in [6.45, 7) is 7.36. The molecule has 1 fully saturated rings. The number of benzene rings is 1. The predicted octanol–water partition coefficient (Wildman–Crippen LogP) is 3.43. The fourth-order valence-electron chi connectivity index (χ4n) is 2.86. The van der Waals surface area contributed by atoms with Crippen molar-refractivity contribution in [2.75, 3.05) is 48.5 Å². The smallest absolute Gasteiger partial charge is 0.134 e. The van der Waals surface area contributed by atoms with Crippen molar-refractivity contribution in [3.05, 3.63) is 42.2 Å². The van der Waals surface area contributed by atoms with Gasteiger partial charge in [0.2, 0.25) is 0 Å². The van der Waals surface area contributed by atoms with Crippen molar-refractivity contribution in [3.63, 3.8) is 0 Å². The Balaban J connectivity index is 1.65. The number of hydrogen-bond acceptors (Lipinski definition) is 6. The molecule has 0 saturated carbocycles. The molecule has 134 valence electrons. The van der Waals surface area contributed by atoms with Gasteiger partial charge in [0.15, 0.2) is 0 Å². The van der Waals surface area contributed by atoms with Crippen molar-refractivity contribution < 1.29 is 4.74 Å². The van der Waals surface area contributed by atoms with Crippen LogP contribution >= 0.6 is 11.8 Å². The van der Waals surface area contributed by atoms with Gasteiger partial charge in [-0.05, 0) is 17.7 Å². The van der Waals surface area contributed by atoms with E-state index < -0.39 is 0 Å². The molecule has 0 bridgehead atoms. The van der Waals surface area contributed by atoms with E-state index in [0.717, 1.165) is 48.5 Å². The topological polar surface area (TPSA) is 50.3 Å². The van der Waals surface area contributed by atoms with Gasteiger partial charge < -0.3 is 15.0 Å². The largest absolute Gasteiger partial charge is 0.497 e. The molecule has 0 atom stereocenters. The van der Waals surface area contributed by atoms with Crippen molar-refractivity contribution in [2.24, 2.45) is 0 Å². The zero-order valence-electron chi connectivity index (χ0n) is 15.2. The van der Waals surface area contributed by atoms with E-state index in [9.17, 15) is 0 Å². The molecule has 0 spiro atoms. The molecular weight excluding hydrogens is 332 g/mol. The monoisotopic (exact) mass is 358 g/mol. The fraction of sp³-hybridized carbons (Fsp3) is 0.474. The van der Waals surface area contributed by atoms with E-state index in [-0.39, 0.29) is 5.41 Å². The molecule has 0 unspecified atom stereocenters. The molecule has 1 N–H and O–H groups in total. The van der Waals surface area contributed by atoms with E-state index >= 15 is 0 Å². The van der Waals surface area contributed by atoms with Crippen LogP contribution in [-0.4, -0.2) is 48.2 Å². The maximum atomic E-state index is 5.24. The third-order valence-electron chi connectivity index (χ3n) is 4.57. The lowest BCUT2D eigenvalue weighted by molar-refractivity contribution is 0.414. The second-order valence-electron chi connectivity index (χ2n) is 6.83. The molecule has 2 heterocycles. The quantitative estimate of drug-likeness (QED) is 0.854. The highest BCUT2D eigenvalue weighted by Crippen LogP contribution is 2.26. The van der Waals surface area contributed by atoms with Crippen molar-refractivity contribution in [3.8, 4) is 5.75 Å². The third kappa shape index (κ3) is 4.57. The molecule has 5 nitrogen and oxygen atoms in total. The number of hydrogen-bond donors (Lipinski definition) is 1. The van der Waals surface area contributed by atoms with E-state index in [1.54, 1.807) is 13.4 Å². The molecule has 1 saturated heterocycles. The number of rotatable bonds is 6. The molecule has 1 aromatic carbocycles. The van der Waals surface area contributed by atoms with Crippen LogP contribution in [0.3, 0.4) is 0 Å². The standard InChI is InChI=1S/C19H26N4OS/c1-19(2,15-4-6-16(24-3)7-5-15)13-20-17-12-18(22-14-21-17)23-8-10-25-11-9-23/h4-7,12,14H,8-11,13H2,1-3H3,(H,20,21,22). The molecule has 6 heteroatoms. The average Bonchev–Trinajstić information content (AvgIpc) is 2.67. The Bertz CT molecular complexity index is 684. The van der Waals surface area contributed by atoms with Crippen LogP contribution < -0.4 is 15.0 Å². The van der Waals surface area contributed by atoms with Gasteiger partial charge in [0.1, 0.15) is 23.7 Å². The zero-order valence-corrected chi connectivity index (χ0v) is 16.0. The zero-order chi connectivity index (χ0) is 17.7. The van der Waals surface area contributed by atoms with Gasteiger partial charge in [-0.1, -0.05) is 26.0 Å². The average molecular weight is 359 g/mol. The first-order chi connectivity index (χ1) is 12.1. The van der Waals surface area contributed by atoms with E-state index in [4.69, 9.17) is 4.74 Å². The fourth-order valence-corrected chi connectivity index (χ4v) is 3.77. The Morgan fingerprint density at radius 1 is 1.16 bits per heavy atom. The summed E-state index contributed by atoms with van der Waals surface area (Å²) in [6.07, 6.45) is 1.65. The maximum absolute atomic E-state index is 5.24. The third-order valence-corrected chi connectivity index (χ3v) is 5.51. The predicted molar refractivity (Wildman–Crippen MR) is 106 cm³/mol. The highest BCUT2D eigenvalue weighted by molar-refractivity contribution is 7.99. The molecule has 1 aliphatic rings. The minimum absolute atomic E-state index is 0.0147. The van der Waals surface area contributed by atoms with Gasteiger partial charge in [0.05, 0.1) is 7.11 Å². The second kappa shape index (κ2) is 7.95. The number of thioether (sulfide) groups is 1. The van der Waals surface area contributed by atoms with Crippen LogP contribution in [0.1, 0.15) is 19.4 Å². The summed E-state index contributed by atoms with van der Waals surface area (Å²) >= 11 is 2.00. The summed E-state index contributed by atoms with van der Waals surface area (Å²) in [7, 11) is 1.69. The summed E-state index contributed by atoms with van der Waals surface area (Å²) in [5, 5.41) is 3.48. The number of nitrogens with one attached hydrogen (secondary N) is 1. The summed E-state index contributed by atoms with van der Waals surface area (Å²) in [6, 6.07) is 10.3.